The Bertz CT molecular complexity index is 1030. The van der Waals surface area contributed by atoms with Crippen molar-refractivity contribution in [3.05, 3.63) is 71.0 Å². The summed E-state index contributed by atoms with van der Waals surface area (Å²) in [6.07, 6.45) is 0. The molecule has 1 amide bonds. The zero-order valence-electron chi connectivity index (χ0n) is 14.5. The molecule has 2 aliphatic rings. The van der Waals surface area contributed by atoms with E-state index in [2.05, 4.69) is 5.10 Å². The van der Waals surface area contributed by atoms with Crippen LogP contribution < -0.4 is 14.4 Å². The first-order valence-corrected chi connectivity index (χ1v) is 8.47. The Kier molecular flexibility index (Phi) is 3.09. The van der Waals surface area contributed by atoms with Crippen LogP contribution in [0.15, 0.2) is 48.5 Å². The van der Waals surface area contributed by atoms with Crippen LogP contribution in [0.5, 0.6) is 11.5 Å². The van der Waals surface area contributed by atoms with E-state index in [-0.39, 0.29) is 18.7 Å². The van der Waals surface area contributed by atoms with Crippen LogP contribution in [-0.4, -0.2) is 22.5 Å². The Balaban J connectivity index is 1.72. The molecule has 3 aromatic rings. The maximum atomic E-state index is 13.3. The van der Waals surface area contributed by atoms with Crippen LogP contribution in [0.1, 0.15) is 33.4 Å². The van der Waals surface area contributed by atoms with Gasteiger partial charge in [0.15, 0.2) is 11.5 Å². The molecule has 130 valence electrons. The van der Waals surface area contributed by atoms with E-state index in [1.165, 1.54) is 0 Å². The predicted octanol–water partition coefficient (Wildman–Crippen LogP) is 3.21. The maximum absolute atomic E-state index is 13.3. The molecule has 0 fully saturated rings. The van der Waals surface area contributed by atoms with Crippen LogP contribution in [0.2, 0.25) is 0 Å². The summed E-state index contributed by atoms with van der Waals surface area (Å²) >= 11 is 0. The fourth-order valence-electron chi connectivity index (χ4n) is 3.87. The first-order valence-electron chi connectivity index (χ1n) is 8.47. The number of aromatic nitrogens is 2. The third-order valence-corrected chi connectivity index (χ3v) is 4.97. The van der Waals surface area contributed by atoms with Gasteiger partial charge in [-0.15, -0.1) is 0 Å². The topological polar surface area (TPSA) is 56.6 Å². The largest absolute Gasteiger partial charge is 0.454 e. The van der Waals surface area contributed by atoms with Crippen LogP contribution in [0.3, 0.4) is 0 Å². The lowest BCUT2D eigenvalue weighted by Crippen LogP contribution is -2.30. The molecule has 26 heavy (non-hydrogen) atoms. The summed E-state index contributed by atoms with van der Waals surface area (Å²) in [6, 6.07) is 15.3. The summed E-state index contributed by atoms with van der Waals surface area (Å²) < 4.78 is 12.6. The molecule has 1 unspecified atom stereocenters. The van der Waals surface area contributed by atoms with Crippen LogP contribution in [-0.2, 0) is 7.05 Å². The molecular weight excluding hydrogens is 330 g/mol. The fraction of sp³-hybridized carbons (Fsp3) is 0.200. The number of para-hydroxylation sites is 1. The number of nitrogens with zero attached hydrogens (tertiary/aromatic N) is 3. The molecule has 0 bridgehead atoms. The van der Waals surface area contributed by atoms with E-state index in [0.29, 0.717) is 11.4 Å². The van der Waals surface area contributed by atoms with Crippen molar-refractivity contribution in [2.45, 2.75) is 13.0 Å². The van der Waals surface area contributed by atoms with Crippen molar-refractivity contribution in [3.8, 4) is 11.5 Å². The number of anilines is 1. The molecule has 6 heteroatoms. The molecule has 0 radical (unpaired) electrons. The summed E-state index contributed by atoms with van der Waals surface area (Å²) in [4.78, 5) is 15.1. The maximum Gasteiger partial charge on any atom is 0.277 e. The van der Waals surface area contributed by atoms with Gasteiger partial charge in [0.2, 0.25) is 6.79 Å². The van der Waals surface area contributed by atoms with Gasteiger partial charge >= 0.3 is 0 Å². The number of aryl methyl sites for hydroxylation is 2. The molecule has 0 N–H and O–H groups in total. The molecule has 1 aromatic heterocycles. The number of hydrogen-bond acceptors (Lipinski definition) is 4. The quantitative estimate of drug-likeness (QED) is 0.714. The number of amides is 1. The van der Waals surface area contributed by atoms with Crippen LogP contribution in [0.4, 0.5) is 5.69 Å². The van der Waals surface area contributed by atoms with Gasteiger partial charge in [0, 0.05) is 18.3 Å². The van der Waals surface area contributed by atoms with E-state index in [9.17, 15) is 4.79 Å². The van der Waals surface area contributed by atoms with Crippen molar-refractivity contribution < 1.29 is 14.3 Å². The highest BCUT2D eigenvalue weighted by Crippen LogP contribution is 2.45. The molecule has 0 spiro atoms. The molecule has 0 saturated carbocycles. The number of carbonyl (C=O) groups is 1. The summed E-state index contributed by atoms with van der Waals surface area (Å²) in [5.74, 6) is 1.39. The zero-order chi connectivity index (χ0) is 17.8. The SMILES string of the molecule is Cc1nn(C)c2c1C(c1ccc3c(c1)OCO3)N(c1ccccc1)C2=O. The molecule has 2 aromatic carbocycles. The van der Waals surface area contributed by atoms with Crippen LogP contribution in [0, 0.1) is 6.92 Å². The van der Waals surface area contributed by atoms with E-state index in [1.807, 2.05) is 67.4 Å². The van der Waals surface area contributed by atoms with Crippen molar-refractivity contribution in [2.75, 3.05) is 11.7 Å². The van der Waals surface area contributed by atoms with E-state index >= 15 is 0 Å². The summed E-state index contributed by atoms with van der Waals surface area (Å²) in [5, 5.41) is 4.47. The number of benzene rings is 2. The van der Waals surface area contributed by atoms with Gasteiger partial charge in [0.05, 0.1) is 11.7 Å². The molecule has 6 nitrogen and oxygen atoms in total. The minimum atomic E-state index is -0.247. The van der Waals surface area contributed by atoms with Gasteiger partial charge in [0.25, 0.3) is 5.91 Å². The van der Waals surface area contributed by atoms with E-state index in [0.717, 1.165) is 28.3 Å². The lowest BCUT2D eigenvalue weighted by atomic mass is 9.98. The van der Waals surface area contributed by atoms with Crippen molar-refractivity contribution in [3.63, 3.8) is 0 Å². The Morgan fingerprint density at radius 1 is 1.08 bits per heavy atom. The van der Waals surface area contributed by atoms with Gasteiger partial charge < -0.3 is 9.47 Å². The summed E-state index contributed by atoms with van der Waals surface area (Å²) in [7, 11) is 1.81. The highest BCUT2D eigenvalue weighted by atomic mass is 16.7. The third kappa shape index (κ3) is 1.98. The second-order valence-corrected chi connectivity index (χ2v) is 6.50. The average Bonchev–Trinajstić information content (AvgIpc) is 3.31. The second-order valence-electron chi connectivity index (χ2n) is 6.50. The minimum Gasteiger partial charge on any atom is -0.454 e. The van der Waals surface area contributed by atoms with Crippen molar-refractivity contribution >= 4 is 11.6 Å². The Hall–Kier alpha value is -3.28. The van der Waals surface area contributed by atoms with Gasteiger partial charge in [-0.05, 0) is 36.8 Å². The molecule has 1 atom stereocenters. The number of carbonyl (C=O) groups excluding carboxylic acids is 1. The lowest BCUT2D eigenvalue weighted by molar-refractivity contribution is 0.0985. The highest BCUT2D eigenvalue weighted by molar-refractivity contribution is 6.10. The lowest BCUT2D eigenvalue weighted by Gasteiger charge is -2.26. The highest BCUT2D eigenvalue weighted by Gasteiger charge is 2.43. The number of ether oxygens (including phenoxy) is 2. The van der Waals surface area contributed by atoms with Gasteiger partial charge in [0.1, 0.15) is 5.69 Å². The predicted molar refractivity (Wildman–Crippen MR) is 95.6 cm³/mol. The number of fused-ring (bicyclic) bond motifs is 2. The molecule has 2 aliphatic heterocycles. The molecule has 5 rings (SSSR count). The Labute approximate surface area is 150 Å². The van der Waals surface area contributed by atoms with E-state index in [1.54, 1.807) is 4.68 Å². The second kappa shape index (κ2) is 5.36. The monoisotopic (exact) mass is 347 g/mol. The van der Waals surface area contributed by atoms with Crippen molar-refractivity contribution in [1.29, 1.82) is 0 Å². The number of rotatable bonds is 2. The van der Waals surface area contributed by atoms with E-state index < -0.39 is 0 Å². The standard InChI is InChI=1S/C20H17N3O3/c1-12-17-18(13-8-9-15-16(10-13)26-11-25-15)23(14-6-4-3-5-7-14)20(24)19(17)22(2)21-12/h3-10,18H,11H2,1-2H3. The normalized spacial score (nSPS) is 17.7. The molecule has 0 saturated heterocycles. The summed E-state index contributed by atoms with van der Waals surface area (Å²) in [5.41, 5.74) is 4.27. The first kappa shape index (κ1) is 15.0. The van der Waals surface area contributed by atoms with Crippen LogP contribution in [0.25, 0.3) is 0 Å². The molecule has 3 heterocycles. The zero-order valence-corrected chi connectivity index (χ0v) is 14.5. The average molecular weight is 347 g/mol. The van der Waals surface area contributed by atoms with Gasteiger partial charge in [-0.3, -0.25) is 14.4 Å². The van der Waals surface area contributed by atoms with E-state index in [4.69, 9.17) is 9.47 Å². The smallest absolute Gasteiger partial charge is 0.277 e. The first-order chi connectivity index (χ1) is 12.6. The molecular formula is C20H17N3O3. The summed E-state index contributed by atoms with van der Waals surface area (Å²) in [6.45, 7) is 2.17. The van der Waals surface area contributed by atoms with Crippen LogP contribution >= 0.6 is 0 Å². The number of hydrogen-bond donors (Lipinski definition) is 0. The van der Waals surface area contributed by atoms with Gasteiger partial charge in [-0.1, -0.05) is 24.3 Å². The van der Waals surface area contributed by atoms with Crippen molar-refractivity contribution in [1.82, 2.24) is 9.78 Å². The minimum absolute atomic E-state index is 0.0445. The Morgan fingerprint density at radius 3 is 2.65 bits per heavy atom. The fourth-order valence-corrected chi connectivity index (χ4v) is 3.87. The third-order valence-electron chi connectivity index (χ3n) is 4.97. The Morgan fingerprint density at radius 2 is 1.85 bits per heavy atom. The van der Waals surface area contributed by atoms with Gasteiger partial charge in [-0.2, -0.15) is 5.10 Å². The van der Waals surface area contributed by atoms with Crippen molar-refractivity contribution in [2.24, 2.45) is 7.05 Å². The van der Waals surface area contributed by atoms with Gasteiger partial charge in [-0.25, -0.2) is 0 Å². The molecule has 0 aliphatic carbocycles.